The molecule has 3 aromatic rings. The van der Waals surface area contributed by atoms with Crippen molar-refractivity contribution in [3.63, 3.8) is 0 Å². The Balaban J connectivity index is 1.35. The van der Waals surface area contributed by atoms with Crippen molar-refractivity contribution in [1.29, 1.82) is 0 Å². The number of imidazole rings is 1. The number of pyridine rings is 1. The molecule has 1 saturated heterocycles. The molecule has 2 aromatic heterocycles. The summed E-state index contributed by atoms with van der Waals surface area (Å²) in [7, 11) is -3.32. The molecule has 4 rings (SSSR count). The summed E-state index contributed by atoms with van der Waals surface area (Å²) in [5.74, 6) is 0.132. The zero-order valence-electron chi connectivity index (χ0n) is 16.3. The van der Waals surface area contributed by atoms with Gasteiger partial charge in [-0.2, -0.15) is 0 Å². The third kappa shape index (κ3) is 4.65. The standard InChI is InChI=1S/C21H24N4O3S/c1-29(27,28)23-18-7-5-16(6-8-18)21(26)17-9-12-24(13-10-17)15-19-14-22-20-4-2-3-11-25(19)20/h2-8,11,14,17,23H,9-10,12-13,15H2,1H3. The minimum absolute atomic E-state index is 0.00199. The number of hydrogen-bond acceptors (Lipinski definition) is 5. The Morgan fingerprint density at radius 1 is 1.14 bits per heavy atom. The van der Waals surface area contributed by atoms with Crippen LogP contribution in [0.15, 0.2) is 54.9 Å². The van der Waals surface area contributed by atoms with Crippen LogP contribution in [0.2, 0.25) is 0 Å². The predicted octanol–water partition coefficient (Wildman–Crippen LogP) is 2.80. The Bertz CT molecular complexity index is 1110. The first kappa shape index (κ1) is 19.6. The highest BCUT2D eigenvalue weighted by molar-refractivity contribution is 7.92. The fourth-order valence-corrected chi connectivity index (χ4v) is 4.40. The summed E-state index contributed by atoms with van der Waals surface area (Å²) in [4.78, 5) is 19.6. The first-order valence-corrected chi connectivity index (χ1v) is 11.5. The normalized spacial score (nSPS) is 16.2. The van der Waals surface area contributed by atoms with Gasteiger partial charge < -0.3 is 4.40 Å². The lowest BCUT2D eigenvalue weighted by atomic mass is 9.89. The molecule has 1 aliphatic heterocycles. The molecule has 1 N–H and O–H groups in total. The number of piperidine rings is 1. The number of anilines is 1. The lowest BCUT2D eigenvalue weighted by Crippen LogP contribution is -2.36. The van der Waals surface area contributed by atoms with Gasteiger partial charge in [-0.15, -0.1) is 0 Å². The summed E-state index contributed by atoms with van der Waals surface area (Å²) < 4.78 is 27.1. The van der Waals surface area contributed by atoms with Crippen molar-refractivity contribution in [2.45, 2.75) is 19.4 Å². The number of Topliss-reactive ketones (excluding diaryl/α,β-unsaturated/α-hetero) is 1. The van der Waals surface area contributed by atoms with E-state index in [1.54, 1.807) is 24.3 Å². The molecular formula is C21H24N4O3S. The van der Waals surface area contributed by atoms with Crippen LogP contribution in [-0.4, -0.2) is 47.8 Å². The Labute approximate surface area is 170 Å². The first-order valence-electron chi connectivity index (χ1n) is 9.64. The topological polar surface area (TPSA) is 83.8 Å². The van der Waals surface area contributed by atoms with Gasteiger partial charge in [0, 0.05) is 29.9 Å². The number of ketones is 1. The van der Waals surface area contributed by atoms with Crippen molar-refractivity contribution in [2.75, 3.05) is 24.1 Å². The molecule has 0 saturated carbocycles. The molecule has 7 nitrogen and oxygen atoms in total. The van der Waals surface area contributed by atoms with Gasteiger partial charge in [-0.25, -0.2) is 13.4 Å². The number of nitrogens with zero attached hydrogens (tertiary/aromatic N) is 3. The number of rotatable bonds is 6. The smallest absolute Gasteiger partial charge is 0.229 e. The zero-order valence-corrected chi connectivity index (χ0v) is 17.1. The van der Waals surface area contributed by atoms with E-state index in [1.807, 2.05) is 30.6 Å². The number of hydrogen-bond donors (Lipinski definition) is 1. The molecule has 29 heavy (non-hydrogen) atoms. The van der Waals surface area contributed by atoms with E-state index in [9.17, 15) is 13.2 Å². The summed E-state index contributed by atoms with van der Waals surface area (Å²) in [6, 6.07) is 12.6. The summed E-state index contributed by atoms with van der Waals surface area (Å²) in [5.41, 5.74) is 3.19. The van der Waals surface area contributed by atoms with Gasteiger partial charge in [0.15, 0.2) is 5.78 Å². The number of aromatic nitrogens is 2. The molecule has 1 fully saturated rings. The summed E-state index contributed by atoms with van der Waals surface area (Å²) >= 11 is 0. The van der Waals surface area contributed by atoms with E-state index in [0.29, 0.717) is 11.3 Å². The molecule has 3 heterocycles. The average Bonchev–Trinajstić information content (AvgIpc) is 3.10. The van der Waals surface area contributed by atoms with E-state index < -0.39 is 10.0 Å². The van der Waals surface area contributed by atoms with Gasteiger partial charge in [0.1, 0.15) is 5.65 Å². The highest BCUT2D eigenvalue weighted by Crippen LogP contribution is 2.24. The molecule has 152 valence electrons. The van der Waals surface area contributed by atoms with Crippen LogP contribution in [-0.2, 0) is 16.6 Å². The van der Waals surface area contributed by atoms with Gasteiger partial charge in [0.25, 0.3) is 0 Å². The number of sulfonamides is 1. The molecule has 0 unspecified atom stereocenters. The highest BCUT2D eigenvalue weighted by atomic mass is 32.2. The molecule has 0 aliphatic carbocycles. The molecular weight excluding hydrogens is 388 g/mol. The van der Waals surface area contributed by atoms with Crippen LogP contribution in [0.25, 0.3) is 5.65 Å². The lowest BCUT2D eigenvalue weighted by Gasteiger charge is -2.31. The van der Waals surface area contributed by atoms with Gasteiger partial charge in [-0.1, -0.05) is 6.07 Å². The molecule has 1 aliphatic rings. The van der Waals surface area contributed by atoms with E-state index in [4.69, 9.17) is 0 Å². The maximum absolute atomic E-state index is 12.8. The van der Waals surface area contributed by atoms with Crippen molar-refractivity contribution in [3.05, 3.63) is 66.1 Å². The Kier molecular flexibility index (Phi) is 5.38. The quantitative estimate of drug-likeness (QED) is 0.630. The second-order valence-electron chi connectivity index (χ2n) is 7.54. The average molecular weight is 413 g/mol. The molecule has 0 spiro atoms. The molecule has 1 aromatic carbocycles. The maximum Gasteiger partial charge on any atom is 0.229 e. The van der Waals surface area contributed by atoms with Crippen molar-refractivity contribution >= 4 is 27.1 Å². The molecule has 0 radical (unpaired) electrons. The van der Waals surface area contributed by atoms with Crippen LogP contribution in [0, 0.1) is 5.92 Å². The zero-order chi connectivity index (χ0) is 20.4. The highest BCUT2D eigenvalue weighted by Gasteiger charge is 2.26. The fourth-order valence-electron chi connectivity index (χ4n) is 3.84. The molecule has 8 heteroatoms. The number of carbonyl (C=O) groups is 1. The van der Waals surface area contributed by atoms with E-state index >= 15 is 0 Å². The number of fused-ring (bicyclic) bond motifs is 1. The van der Waals surface area contributed by atoms with Crippen LogP contribution in [0.5, 0.6) is 0 Å². The van der Waals surface area contributed by atoms with Gasteiger partial charge in [0.2, 0.25) is 10.0 Å². The second-order valence-corrected chi connectivity index (χ2v) is 9.29. The lowest BCUT2D eigenvalue weighted by molar-refractivity contribution is 0.0833. The first-order chi connectivity index (χ1) is 13.9. The number of carbonyl (C=O) groups excluding carboxylic acids is 1. The van der Waals surface area contributed by atoms with E-state index in [2.05, 4.69) is 19.0 Å². The fraction of sp³-hybridized carbons (Fsp3) is 0.333. The second kappa shape index (κ2) is 7.96. The Morgan fingerprint density at radius 2 is 1.86 bits per heavy atom. The summed E-state index contributed by atoms with van der Waals surface area (Å²) in [5, 5.41) is 0. The van der Waals surface area contributed by atoms with Crippen molar-refractivity contribution in [1.82, 2.24) is 14.3 Å². The Hall–Kier alpha value is -2.71. The minimum atomic E-state index is -3.32. The van der Waals surface area contributed by atoms with Crippen LogP contribution >= 0.6 is 0 Å². The van der Waals surface area contributed by atoms with Crippen molar-refractivity contribution in [3.8, 4) is 0 Å². The van der Waals surface area contributed by atoms with Crippen LogP contribution in [0.4, 0.5) is 5.69 Å². The van der Waals surface area contributed by atoms with Crippen LogP contribution < -0.4 is 4.72 Å². The van der Waals surface area contributed by atoms with Crippen LogP contribution in [0.1, 0.15) is 28.9 Å². The van der Waals surface area contributed by atoms with Crippen molar-refractivity contribution in [2.24, 2.45) is 5.92 Å². The molecule has 0 bridgehead atoms. The van der Waals surface area contributed by atoms with Gasteiger partial charge >= 0.3 is 0 Å². The monoisotopic (exact) mass is 412 g/mol. The van der Waals surface area contributed by atoms with E-state index in [1.165, 1.54) is 0 Å². The van der Waals surface area contributed by atoms with Gasteiger partial charge in [-0.05, 0) is 62.3 Å². The van der Waals surface area contributed by atoms with E-state index in [-0.39, 0.29) is 11.7 Å². The number of benzene rings is 1. The maximum atomic E-state index is 12.8. The molecule has 0 atom stereocenters. The largest absolute Gasteiger partial charge is 0.303 e. The van der Waals surface area contributed by atoms with Gasteiger partial charge in [-0.3, -0.25) is 14.4 Å². The summed E-state index contributed by atoms with van der Waals surface area (Å²) in [6.07, 6.45) is 6.68. The number of likely N-dealkylation sites (tertiary alicyclic amines) is 1. The van der Waals surface area contributed by atoms with Crippen molar-refractivity contribution < 1.29 is 13.2 Å². The minimum Gasteiger partial charge on any atom is -0.303 e. The predicted molar refractivity (Wildman–Crippen MR) is 112 cm³/mol. The third-order valence-corrected chi connectivity index (χ3v) is 5.92. The van der Waals surface area contributed by atoms with E-state index in [0.717, 1.165) is 50.1 Å². The summed E-state index contributed by atoms with van der Waals surface area (Å²) in [6.45, 7) is 2.55. The van der Waals surface area contributed by atoms with Gasteiger partial charge in [0.05, 0.1) is 18.1 Å². The number of nitrogens with one attached hydrogen (secondary N) is 1. The SMILES string of the molecule is CS(=O)(=O)Nc1ccc(C(=O)C2CCN(Cc3cnc4ccccn34)CC2)cc1. The molecule has 0 amide bonds. The van der Waals surface area contributed by atoms with Crippen LogP contribution in [0.3, 0.4) is 0 Å². The third-order valence-electron chi connectivity index (χ3n) is 5.31. The Morgan fingerprint density at radius 3 is 2.55 bits per heavy atom.